The first-order chi connectivity index (χ1) is 25.0. The Labute approximate surface area is 298 Å². The number of rotatable bonds is 8. The lowest BCUT2D eigenvalue weighted by atomic mass is 9.97. The lowest BCUT2D eigenvalue weighted by Crippen LogP contribution is -2.64. The van der Waals surface area contributed by atoms with Crippen molar-refractivity contribution >= 4 is 11.0 Å². The summed E-state index contributed by atoms with van der Waals surface area (Å²) in [5.74, 6) is -3.49. The van der Waals surface area contributed by atoms with E-state index in [-0.39, 0.29) is 16.9 Å². The molecule has 7 unspecified atom stereocenters. The van der Waals surface area contributed by atoms with Crippen LogP contribution in [0.1, 0.15) is 13.8 Å². The van der Waals surface area contributed by atoms with Gasteiger partial charge in [-0.25, -0.2) is 0 Å². The Hall–Kier alpha value is -3.87. The maximum absolute atomic E-state index is 14.2. The van der Waals surface area contributed by atoms with Gasteiger partial charge in [0.05, 0.1) is 18.8 Å². The van der Waals surface area contributed by atoms with Crippen LogP contribution in [0.25, 0.3) is 22.3 Å². The Kier molecular flexibility index (Phi) is 11.1. The first kappa shape index (κ1) is 38.8. The summed E-state index contributed by atoms with van der Waals surface area (Å²) in [7, 11) is 0. The summed E-state index contributed by atoms with van der Waals surface area (Å²) < 4.78 is 39.9. The third-order valence-electron chi connectivity index (χ3n) is 9.36. The molecule has 0 amide bonds. The predicted molar refractivity (Wildman–Crippen MR) is 172 cm³/mol. The van der Waals surface area contributed by atoms with Crippen LogP contribution in [0.2, 0.25) is 0 Å². The van der Waals surface area contributed by atoms with Crippen LogP contribution in [-0.4, -0.2) is 160 Å². The molecule has 12 N–H and O–H groups in total. The lowest BCUT2D eigenvalue weighted by molar-refractivity contribution is -0.354. The van der Waals surface area contributed by atoms with Gasteiger partial charge in [-0.15, -0.1) is 0 Å². The molecule has 0 saturated carbocycles. The highest BCUT2D eigenvalue weighted by Gasteiger charge is 2.51. The van der Waals surface area contributed by atoms with Crippen molar-refractivity contribution in [2.24, 2.45) is 0 Å². The monoisotopic (exact) mass is 756 g/mol. The fourth-order valence-corrected chi connectivity index (χ4v) is 6.23. The second-order valence-corrected chi connectivity index (χ2v) is 13.0. The first-order valence-corrected chi connectivity index (χ1v) is 16.4. The minimum atomic E-state index is -1.97. The van der Waals surface area contributed by atoms with E-state index in [9.17, 15) is 66.1 Å². The minimum Gasteiger partial charge on any atom is -0.507 e. The molecule has 4 heterocycles. The van der Waals surface area contributed by atoms with Crippen LogP contribution in [0.15, 0.2) is 39.5 Å². The van der Waals surface area contributed by atoms with Gasteiger partial charge in [0.15, 0.2) is 29.7 Å². The Morgan fingerprint density at radius 3 is 1.89 bits per heavy atom. The van der Waals surface area contributed by atoms with Gasteiger partial charge in [0.25, 0.3) is 0 Å². The Bertz CT molecular complexity index is 1830. The van der Waals surface area contributed by atoms with Crippen molar-refractivity contribution in [3.8, 4) is 40.1 Å². The van der Waals surface area contributed by atoms with Crippen LogP contribution in [0.4, 0.5) is 0 Å². The topological polar surface area (TPSA) is 328 Å². The van der Waals surface area contributed by atoms with Gasteiger partial charge in [-0.05, 0) is 32.0 Å². The number of aliphatic hydroxyl groups is 9. The molecule has 0 aliphatic carbocycles. The molecule has 20 nitrogen and oxygen atoms in total. The van der Waals surface area contributed by atoms with Crippen LogP contribution in [0.3, 0.4) is 0 Å². The predicted octanol–water partition coefficient (Wildman–Crippen LogP) is -3.19. The zero-order valence-corrected chi connectivity index (χ0v) is 27.9. The van der Waals surface area contributed by atoms with Crippen LogP contribution in [0, 0.1) is 0 Å². The number of fused-ring (bicyclic) bond motifs is 1. The van der Waals surface area contributed by atoms with Crippen molar-refractivity contribution in [1.29, 1.82) is 0 Å². The van der Waals surface area contributed by atoms with E-state index in [1.54, 1.807) is 0 Å². The molecule has 0 bridgehead atoms. The van der Waals surface area contributed by atoms with Crippen LogP contribution in [-0.2, 0) is 18.9 Å². The van der Waals surface area contributed by atoms with Crippen molar-refractivity contribution in [1.82, 2.24) is 0 Å². The van der Waals surface area contributed by atoms with E-state index in [1.165, 1.54) is 19.9 Å². The minimum absolute atomic E-state index is 0.110. The molecular formula is C33H40O20. The maximum atomic E-state index is 14.2. The molecule has 3 fully saturated rings. The van der Waals surface area contributed by atoms with E-state index < -0.39 is 138 Å². The second kappa shape index (κ2) is 15.1. The van der Waals surface area contributed by atoms with Crippen molar-refractivity contribution in [3.05, 3.63) is 40.6 Å². The van der Waals surface area contributed by atoms with Gasteiger partial charge < -0.3 is 94.1 Å². The van der Waals surface area contributed by atoms with Crippen molar-refractivity contribution < 1.29 is 94.1 Å². The van der Waals surface area contributed by atoms with E-state index in [0.29, 0.717) is 0 Å². The summed E-state index contributed by atoms with van der Waals surface area (Å²) in [5, 5.41) is 124. The molecule has 53 heavy (non-hydrogen) atoms. The normalized spacial score (nSPS) is 37.8. The Morgan fingerprint density at radius 2 is 1.26 bits per heavy atom. The first-order valence-electron chi connectivity index (χ1n) is 16.4. The van der Waals surface area contributed by atoms with Gasteiger partial charge in [0.1, 0.15) is 77.4 Å². The number of benzene rings is 2. The molecule has 15 atom stereocenters. The van der Waals surface area contributed by atoms with Crippen molar-refractivity contribution in [2.75, 3.05) is 6.61 Å². The molecule has 0 radical (unpaired) electrons. The van der Waals surface area contributed by atoms with E-state index >= 15 is 0 Å². The molecule has 3 aromatic rings. The molecule has 3 saturated heterocycles. The maximum Gasteiger partial charge on any atom is 0.239 e. The Balaban J connectivity index is 1.43. The molecule has 6 rings (SSSR count). The van der Waals surface area contributed by atoms with E-state index in [1.807, 2.05) is 0 Å². The number of phenolic OH excluding ortho intramolecular Hbond substituents is 3. The number of hydrogen-bond donors (Lipinski definition) is 12. The fourth-order valence-electron chi connectivity index (χ4n) is 6.23. The third-order valence-corrected chi connectivity index (χ3v) is 9.36. The quantitative estimate of drug-likeness (QED) is 0.101. The van der Waals surface area contributed by atoms with Crippen LogP contribution < -0.4 is 14.9 Å². The van der Waals surface area contributed by atoms with Gasteiger partial charge >= 0.3 is 0 Å². The summed E-state index contributed by atoms with van der Waals surface area (Å²) in [6.45, 7) is 1.90. The summed E-state index contributed by atoms with van der Waals surface area (Å²) in [6, 6.07) is 5.29. The van der Waals surface area contributed by atoms with E-state index in [4.69, 9.17) is 32.8 Å². The zero-order chi connectivity index (χ0) is 38.6. The molecule has 20 heteroatoms. The molecule has 2 aromatic carbocycles. The van der Waals surface area contributed by atoms with Crippen molar-refractivity contribution in [2.45, 2.75) is 106 Å². The summed E-state index contributed by atoms with van der Waals surface area (Å²) in [4.78, 5) is 14.2. The van der Waals surface area contributed by atoms with Crippen LogP contribution >= 0.6 is 0 Å². The smallest absolute Gasteiger partial charge is 0.239 e. The number of ether oxygens (including phenoxy) is 6. The highest BCUT2D eigenvalue weighted by molar-refractivity contribution is 5.88. The Morgan fingerprint density at radius 1 is 0.642 bits per heavy atom. The van der Waals surface area contributed by atoms with Gasteiger partial charge in [-0.2, -0.15) is 0 Å². The molecular weight excluding hydrogens is 716 g/mol. The van der Waals surface area contributed by atoms with Gasteiger partial charge in [-0.1, -0.05) is 0 Å². The average molecular weight is 757 g/mol. The van der Waals surface area contributed by atoms with E-state index in [2.05, 4.69) is 0 Å². The number of hydrogen-bond acceptors (Lipinski definition) is 20. The summed E-state index contributed by atoms with van der Waals surface area (Å²) in [5.41, 5.74) is -1.59. The van der Waals surface area contributed by atoms with Gasteiger partial charge in [0, 0.05) is 17.7 Å². The largest absolute Gasteiger partial charge is 0.507 e. The molecule has 0 spiro atoms. The molecule has 3 aliphatic heterocycles. The summed E-state index contributed by atoms with van der Waals surface area (Å²) >= 11 is 0. The van der Waals surface area contributed by atoms with E-state index in [0.717, 1.165) is 24.3 Å². The lowest BCUT2D eigenvalue weighted by Gasteiger charge is -2.45. The van der Waals surface area contributed by atoms with Gasteiger partial charge in [0.2, 0.25) is 23.8 Å². The standard InChI is InChI=1S/C33H40O20/c1-9-19(38)23(42)26(45)31(47-9)49-12-6-15(37)18-16(7-12)50-28(11-3-4-13(35)14(36)5-11)29(22(18)41)52-33-30(25(44)21(40)17(8-34)51-33)53-32-27(46)24(43)20(39)10(2)48-32/h3-7,9-10,17,19-21,23-27,30-40,42-46H,8H2,1-2H3/t9?,10?,17?,19-,20-,21+,23-,24?,25?,26?,27-,30?,31-,32-,33-/m0/s1. The zero-order valence-electron chi connectivity index (χ0n) is 27.9. The number of aliphatic hydroxyl groups excluding tert-OH is 9. The van der Waals surface area contributed by atoms with Crippen LogP contribution in [0.5, 0.6) is 28.7 Å². The third kappa shape index (κ3) is 7.22. The molecule has 3 aliphatic rings. The second-order valence-electron chi connectivity index (χ2n) is 13.0. The number of aromatic hydroxyl groups is 3. The molecule has 292 valence electrons. The SMILES string of the molecule is CC1O[C@@H](OC2C(O)[C@H](O)C(CO)O[C@H]2Oc2c(-c3ccc(O)c(O)c3)oc3cc(O[C@@H]4OC(C)[C@H](O)[C@H](O)C4O)cc(O)c3c2=O)[C@@H](O)C(O)[C@H]1O. The fraction of sp³-hybridized carbons (Fsp3) is 0.545. The van der Waals surface area contributed by atoms with Crippen molar-refractivity contribution in [3.63, 3.8) is 0 Å². The van der Waals surface area contributed by atoms with Gasteiger partial charge in [-0.3, -0.25) is 4.79 Å². The summed E-state index contributed by atoms with van der Waals surface area (Å²) in [6.07, 6.45) is -24.6. The molecule has 1 aromatic heterocycles. The average Bonchev–Trinajstić information content (AvgIpc) is 3.12. The highest BCUT2D eigenvalue weighted by atomic mass is 16.8. The number of phenols is 3. The highest BCUT2D eigenvalue weighted by Crippen LogP contribution is 2.40.